The molecule has 1 saturated heterocycles. The molecule has 1 fully saturated rings. The standard InChI is InChI=1S/C20H20N2.BrH/c1-2-7-14(8-3-1)16-13-22-12-6-11-18(22)20-19(16)15-9-4-5-10-17(15)21-20;/h1-5,7-10,16,18,21H,6,11-13H2;1H/t16-,18+;/m1./s1. The van der Waals surface area contributed by atoms with Crippen molar-refractivity contribution in [1.29, 1.82) is 0 Å². The van der Waals surface area contributed by atoms with Gasteiger partial charge in [0.25, 0.3) is 0 Å². The first kappa shape index (κ1) is 15.0. The Hall–Kier alpha value is -1.58. The number of halogens is 1. The van der Waals surface area contributed by atoms with Gasteiger partial charge in [0.05, 0.1) is 6.04 Å². The summed E-state index contributed by atoms with van der Waals surface area (Å²) in [6, 6.07) is 20.4. The Balaban J connectivity index is 0.00000135. The second-order valence-electron chi connectivity index (χ2n) is 6.61. The molecule has 1 aromatic heterocycles. The Labute approximate surface area is 147 Å². The number of nitrogens with zero attached hydrogens (tertiary/aromatic N) is 1. The summed E-state index contributed by atoms with van der Waals surface area (Å²) in [5.41, 5.74) is 5.75. The van der Waals surface area contributed by atoms with E-state index in [1.807, 2.05) is 0 Å². The molecule has 2 aromatic carbocycles. The number of hydrogen-bond donors (Lipinski definition) is 1. The van der Waals surface area contributed by atoms with Crippen LogP contribution in [-0.4, -0.2) is 23.0 Å². The van der Waals surface area contributed by atoms with E-state index in [1.54, 1.807) is 5.56 Å². The zero-order chi connectivity index (χ0) is 14.5. The number of aromatic nitrogens is 1. The molecule has 0 saturated carbocycles. The van der Waals surface area contributed by atoms with Crippen LogP contribution in [0.5, 0.6) is 0 Å². The molecule has 118 valence electrons. The van der Waals surface area contributed by atoms with Gasteiger partial charge in [0.2, 0.25) is 0 Å². The molecular weight excluding hydrogens is 348 g/mol. The summed E-state index contributed by atoms with van der Waals surface area (Å²) < 4.78 is 0. The van der Waals surface area contributed by atoms with Crippen LogP contribution in [0.25, 0.3) is 10.9 Å². The van der Waals surface area contributed by atoms with Gasteiger partial charge < -0.3 is 4.98 Å². The lowest BCUT2D eigenvalue weighted by Gasteiger charge is -2.35. The largest absolute Gasteiger partial charge is 0.357 e. The first-order valence-electron chi connectivity index (χ1n) is 8.31. The quantitative estimate of drug-likeness (QED) is 0.638. The van der Waals surface area contributed by atoms with Gasteiger partial charge in [-0.1, -0.05) is 48.5 Å². The number of aromatic amines is 1. The monoisotopic (exact) mass is 368 g/mol. The van der Waals surface area contributed by atoms with Gasteiger partial charge in [-0.25, -0.2) is 0 Å². The highest BCUT2D eigenvalue weighted by molar-refractivity contribution is 8.93. The van der Waals surface area contributed by atoms with Gasteiger partial charge in [-0.2, -0.15) is 0 Å². The first-order valence-corrected chi connectivity index (χ1v) is 8.31. The van der Waals surface area contributed by atoms with Crippen LogP contribution in [0.2, 0.25) is 0 Å². The van der Waals surface area contributed by atoms with Gasteiger partial charge in [-0.15, -0.1) is 17.0 Å². The molecule has 23 heavy (non-hydrogen) atoms. The fraction of sp³-hybridized carbons (Fsp3) is 0.300. The van der Waals surface area contributed by atoms with Crippen molar-refractivity contribution in [1.82, 2.24) is 9.88 Å². The fourth-order valence-corrected chi connectivity index (χ4v) is 4.48. The van der Waals surface area contributed by atoms with Crippen molar-refractivity contribution in [3.63, 3.8) is 0 Å². The van der Waals surface area contributed by atoms with Crippen LogP contribution in [0.3, 0.4) is 0 Å². The zero-order valence-electron chi connectivity index (χ0n) is 13.0. The molecule has 0 amide bonds. The molecule has 0 aliphatic carbocycles. The Morgan fingerprint density at radius 3 is 2.61 bits per heavy atom. The molecule has 2 aliphatic heterocycles. The third-order valence-electron chi connectivity index (χ3n) is 5.44. The van der Waals surface area contributed by atoms with Gasteiger partial charge in [0, 0.05) is 29.1 Å². The highest BCUT2D eigenvalue weighted by Crippen LogP contribution is 2.46. The molecule has 2 nitrogen and oxygen atoms in total. The number of hydrogen-bond acceptors (Lipinski definition) is 1. The van der Waals surface area contributed by atoms with Crippen LogP contribution in [0.1, 0.15) is 41.6 Å². The lowest BCUT2D eigenvalue weighted by molar-refractivity contribution is 0.227. The van der Waals surface area contributed by atoms with Gasteiger partial charge in [0.15, 0.2) is 0 Å². The molecule has 0 unspecified atom stereocenters. The van der Waals surface area contributed by atoms with Gasteiger partial charge in [-0.05, 0) is 36.6 Å². The van der Waals surface area contributed by atoms with E-state index in [-0.39, 0.29) is 17.0 Å². The van der Waals surface area contributed by atoms with Crippen molar-refractivity contribution in [2.45, 2.75) is 24.8 Å². The number of rotatable bonds is 1. The fourth-order valence-electron chi connectivity index (χ4n) is 4.48. The summed E-state index contributed by atoms with van der Waals surface area (Å²) in [5, 5.41) is 1.41. The van der Waals surface area contributed by atoms with E-state index in [4.69, 9.17) is 0 Å². The highest BCUT2D eigenvalue weighted by Gasteiger charge is 2.38. The molecule has 0 spiro atoms. The van der Waals surface area contributed by atoms with Gasteiger partial charge in [0.1, 0.15) is 0 Å². The topological polar surface area (TPSA) is 19.0 Å². The maximum Gasteiger partial charge on any atom is 0.0502 e. The maximum atomic E-state index is 3.75. The minimum Gasteiger partial charge on any atom is -0.357 e. The molecular formula is C20H21BrN2. The van der Waals surface area contributed by atoms with E-state index in [2.05, 4.69) is 64.5 Å². The molecule has 3 heterocycles. The maximum absolute atomic E-state index is 3.75. The molecule has 2 atom stereocenters. The van der Waals surface area contributed by atoms with Crippen molar-refractivity contribution >= 4 is 27.9 Å². The van der Waals surface area contributed by atoms with Crippen LogP contribution in [0, 0.1) is 0 Å². The van der Waals surface area contributed by atoms with E-state index in [0.29, 0.717) is 12.0 Å². The van der Waals surface area contributed by atoms with Crippen LogP contribution in [-0.2, 0) is 0 Å². The number of nitrogens with one attached hydrogen (secondary N) is 1. The third-order valence-corrected chi connectivity index (χ3v) is 5.44. The van der Waals surface area contributed by atoms with Crippen molar-refractivity contribution in [2.75, 3.05) is 13.1 Å². The third kappa shape index (κ3) is 2.26. The van der Waals surface area contributed by atoms with Crippen molar-refractivity contribution < 1.29 is 0 Å². The molecule has 0 bridgehead atoms. The number of H-pyrrole nitrogens is 1. The molecule has 1 N–H and O–H groups in total. The second-order valence-corrected chi connectivity index (χ2v) is 6.61. The first-order chi connectivity index (χ1) is 10.9. The number of fused-ring (bicyclic) bond motifs is 5. The summed E-state index contributed by atoms with van der Waals surface area (Å²) in [6.07, 6.45) is 2.61. The SMILES string of the molecule is Br.c1ccc([C@H]2CN3CCC[C@H]3c3[nH]c4ccccc4c32)cc1. The van der Waals surface area contributed by atoms with Crippen LogP contribution >= 0.6 is 17.0 Å². The lowest BCUT2D eigenvalue weighted by Crippen LogP contribution is -2.34. The van der Waals surface area contributed by atoms with E-state index in [9.17, 15) is 0 Å². The van der Waals surface area contributed by atoms with E-state index in [1.165, 1.54) is 41.5 Å². The Morgan fingerprint density at radius 2 is 1.74 bits per heavy atom. The molecule has 0 radical (unpaired) electrons. The average molecular weight is 369 g/mol. The molecule has 3 aromatic rings. The van der Waals surface area contributed by atoms with E-state index < -0.39 is 0 Å². The van der Waals surface area contributed by atoms with Gasteiger partial charge in [-0.3, -0.25) is 4.90 Å². The van der Waals surface area contributed by atoms with Crippen LogP contribution in [0.15, 0.2) is 54.6 Å². The minimum absolute atomic E-state index is 0. The van der Waals surface area contributed by atoms with Crippen LogP contribution < -0.4 is 0 Å². The number of benzene rings is 2. The van der Waals surface area contributed by atoms with E-state index >= 15 is 0 Å². The van der Waals surface area contributed by atoms with Crippen LogP contribution in [0.4, 0.5) is 0 Å². The molecule has 5 rings (SSSR count). The minimum atomic E-state index is 0. The normalized spacial score (nSPS) is 23.3. The molecule has 3 heteroatoms. The average Bonchev–Trinajstić information content (AvgIpc) is 3.19. The zero-order valence-corrected chi connectivity index (χ0v) is 14.7. The summed E-state index contributed by atoms with van der Waals surface area (Å²) in [7, 11) is 0. The van der Waals surface area contributed by atoms with Crippen molar-refractivity contribution in [3.05, 3.63) is 71.4 Å². The van der Waals surface area contributed by atoms with Gasteiger partial charge >= 0.3 is 0 Å². The second kappa shape index (κ2) is 5.81. The van der Waals surface area contributed by atoms with Crippen molar-refractivity contribution in [3.8, 4) is 0 Å². The smallest absolute Gasteiger partial charge is 0.0502 e. The predicted octanol–water partition coefficient (Wildman–Crippen LogP) is 5.03. The molecule has 2 aliphatic rings. The van der Waals surface area contributed by atoms with Crippen molar-refractivity contribution in [2.24, 2.45) is 0 Å². The Bertz CT molecular complexity index is 824. The summed E-state index contributed by atoms with van der Waals surface area (Å²) in [6.45, 7) is 2.40. The Morgan fingerprint density at radius 1 is 0.957 bits per heavy atom. The summed E-state index contributed by atoms with van der Waals surface area (Å²) in [5.74, 6) is 0.488. The highest BCUT2D eigenvalue weighted by atomic mass is 79.9. The summed E-state index contributed by atoms with van der Waals surface area (Å²) >= 11 is 0. The predicted molar refractivity (Wildman–Crippen MR) is 100 cm³/mol. The van der Waals surface area contributed by atoms with E-state index in [0.717, 1.165) is 6.54 Å². The summed E-state index contributed by atoms with van der Waals surface area (Å²) in [4.78, 5) is 6.42. The lowest BCUT2D eigenvalue weighted by atomic mass is 9.84. The Kier molecular flexibility index (Phi) is 3.78. The number of para-hydroxylation sites is 1.